The van der Waals surface area contributed by atoms with Gasteiger partial charge in [-0.2, -0.15) is 0 Å². The Morgan fingerprint density at radius 2 is 1.52 bits per heavy atom. The van der Waals surface area contributed by atoms with Gasteiger partial charge in [0.1, 0.15) is 5.75 Å². The molecule has 6 heteroatoms. The highest BCUT2D eigenvalue weighted by atomic mass is 35.5. The number of unbranched alkanes of at least 4 members (excludes halogenated alkanes) is 2. The first kappa shape index (κ1) is 21.6. The van der Waals surface area contributed by atoms with E-state index in [0.717, 1.165) is 78.2 Å². The van der Waals surface area contributed by atoms with Crippen molar-refractivity contribution in [3.63, 3.8) is 0 Å². The zero-order valence-electron chi connectivity index (χ0n) is 17.4. The lowest BCUT2D eigenvalue weighted by molar-refractivity contribution is 0.302. The summed E-state index contributed by atoms with van der Waals surface area (Å²) in [5, 5.41) is 1.67. The van der Waals surface area contributed by atoms with E-state index in [1.165, 1.54) is 0 Å². The average Bonchev–Trinajstić information content (AvgIpc) is 3.18. The van der Waals surface area contributed by atoms with Crippen molar-refractivity contribution in [3.05, 3.63) is 78.1 Å². The Labute approximate surface area is 194 Å². The topological polar surface area (TPSA) is 28.6 Å². The standard InChI is InChI=1S/C25H26ClN3OS/c26-22-8-4-20(5-9-22)21-6-10-24(11-7-21)30-19-3-1-2-16-28-17-18-29(25(28)31)23-12-14-27-15-13-23/h4-15H,1-3,16-19H2. The Balaban J connectivity index is 1.14. The smallest absolute Gasteiger partial charge is 0.176 e. The lowest BCUT2D eigenvalue weighted by Gasteiger charge is -2.21. The second-order valence-electron chi connectivity index (χ2n) is 7.57. The second kappa shape index (κ2) is 10.6. The Bertz CT molecular complexity index is 980. The third kappa shape index (κ3) is 5.75. The summed E-state index contributed by atoms with van der Waals surface area (Å²) in [6, 6.07) is 20.1. The number of halogens is 1. The molecule has 1 saturated heterocycles. The highest BCUT2D eigenvalue weighted by molar-refractivity contribution is 7.80. The summed E-state index contributed by atoms with van der Waals surface area (Å²) < 4.78 is 5.91. The summed E-state index contributed by atoms with van der Waals surface area (Å²) in [7, 11) is 0. The van der Waals surface area contributed by atoms with E-state index in [4.69, 9.17) is 28.6 Å². The van der Waals surface area contributed by atoms with Gasteiger partial charge in [0.25, 0.3) is 0 Å². The van der Waals surface area contributed by atoms with Gasteiger partial charge in [0.15, 0.2) is 5.11 Å². The molecule has 1 aliphatic heterocycles. The molecule has 2 aromatic carbocycles. The van der Waals surface area contributed by atoms with E-state index >= 15 is 0 Å². The van der Waals surface area contributed by atoms with Crippen molar-refractivity contribution >= 4 is 34.6 Å². The number of pyridine rings is 1. The van der Waals surface area contributed by atoms with Crippen LogP contribution in [0.3, 0.4) is 0 Å². The Morgan fingerprint density at radius 1 is 0.839 bits per heavy atom. The number of benzene rings is 2. The number of thiocarbonyl (C=S) groups is 1. The van der Waals surface area contributed by atoms with E-state index in [-0.39, 0.29) is 0 Å². The van der Waals surface area contributed by atoms with E-state index in [0.29, 0.717) is 0 Å². The maximum atomic E-state index is 5.96. The summed E-state index contributed by atoms with van der Waals surface area (Å²) in [6.45, 7) is 3.65. The van der Waals surface area contributed by atoms with Gasteiger partial charge in [0, 0.05) is 42.7 Å². The first-order valence-electron chi connectivity index (χ1n) is 10.7. The first-order chi connectivity index (χ1) is 15.2. The first-order valence-corrected chi connectivity index (χ1v) is 11.4. The molecular formula is C25H26ClN3OS. The van der Waals surface area contributed by atoms with Crippen LogP contribution in [0, 0.1) is 0 Å². The number of ether oxygens (including phenoxy) is 1. The van der Waals surface area contributed by atoms with E-state index in [9.17, 15) is 0 Å². The van der Waals surface area contributed by atoms with Crippen molar-refractivity contribution in [2.24, 2.45) is 0 Å². The minimum Gasteiger partial charge on any atom is -0.494 e. The summed E-state index contributed by atoms with van der Waals surface area (Å²) in [6.07, 6.45) is 6.89. The molecule has 31 heavy (non-hydrogen) atoms. The van der Waals surface area contributed by atoms with Gasteiger partial charge < -0.3 is 14.5 Å². The molecule has 2 heterocycles. The van der Waals surface area contributed by atoms with E-state index in [2.05, 4.69) is 26.9 Å². The molecule has 0 aliphatic carbocycles. The summed E-state index contributed by atoms with van der Waals surface area (Å²) in [4.78, 5) is 8.57. The van der Waals surface area contributed by atoms with Crippen molar-refractivity contribution in [2.75, 3.05) is 31.1 Å². The van der Waals surface area contributed by atoms with Gasteiger partial charge >= 0.3 is 0 Å². The van der Waals surface area contributed by atoms with Crippen LogP contribution in [0.1, 0.15) is 19.3 Å². The highest BCUT2D eigenvalue weighted by Gasteiger charge is 2.25. The fourth-order valence-corrected chi connectivity index (χ4v) is 4.22. The number of hydrogen-bond acceptors (Lipinski definition) is 3. The third-order valence-corrected chi connectivity index (χ3v) is 6.17. The molecule has 0 amide bonds. The molecule has 0 N–H and O–H groups in total. The zero-order valence-corrected chi connectivity index (χ0v) is 19.0. The maximum Gasteiger partial charge on any atom is 0.176 e. The predicted molar refractivity (Wildman–Crippen MR) is 132 cm³/mol. The van der Waals surface area contributed by atoms with Crippen LogP contribution < -0.4 is 9.64 Å². The molecule has 0 bridgehead atoms. The SMILES string of the molecule is S=C1N(CCCCCOc2ccc(-c3ccc(Cl)cc3)cc2)CCN1c1ccncc1. The summed E-state index contributed by atoms with van der Waals surface area (Å²) in [5.41, 5.74) is 3.43. The molecule has 0 unspecified atom stereocenters. The molecule has 0 spiro atoms. The van der Waals surface area contributed by atoms with E-state index < -0.39 is 0 Å². The van der Waals surface area contributed by atoms with Crippen molar-refractivity contribution in [1.82, 2.24) is 9.88 Å². The molecule has 1 aliphatic rings. The molecule has 160 valence electrons. The zero-order chi connectivity index (χ0) is 21.5. The van der Waals surface area contributed by atoms with Crippen molar-refractivity contribution in [2.45, 2.75) is 19.3 Å². The van der Waals surface area contributed by atoms with Crippen molar-refractivity contribution in [3.8, 4) is 16.9 Å². The van der Waals surface area contributed by atoms with Crippen LogP contribution in [0.2, 0.25) is 5.02 Å². The van der Waals surface area contributed by atoms with Gasteiger partial charge in [0.05, 0.1) is 6.61 Å². The van der Waals surface area contributed by atoms with Gasteiger partial charge in [-0.3, -0.25) is 4.98 Å². The molecular weight excluding hydrogens is 426 g/mol. The van der Waals surface area contributed by atoms with E-state index in [1.54, 1.807) is 0 Å². The normalized spacial score (nSPS) is 13.6. The monoisotopic (exact) mass is 451 g/mol. The second-order valence-corrected chi connectivity index (χ2v) is 8.37. The van der Waals surface area contributed by atoms with Crippen LogP contribution in [-0.4, -0.2) is 41.2 Å². The Kier molecular flexibility index (Phi) is 7.39. The molecule has 4 rings (SSSR count). The lowest BCUT2D eigenvalue weighted by atomic mass is 10.1. The number of aromatic nitrogens is 1. The molecule has 0 atom stereocenters. The molecule has 1 aromatic heterocycles. The fourth-order valence-electron chi connectivity index (χ4n) is 3.71. The van der Waals surface area contributed by atoms with Crippen LogP contribution in [0.25, 0.3) is 11.1 Å². The third-order valence-electron chi connectivity index (χ3n) is 5.44. The molecule has 4 nitrogen and oxygen atoms in total. The van der Waals surface area contributed by atoms with Gasteiger partial charge in [-0.05, 0) is 79.0 Å². The van der Waals surface area contributed by atoms with Gasteiger partial charge in [-0.25, -0.2) is 0 Å². The minimum absolute atomic E-state index is 0.730. The number of nitrogens with zero attached hydrogens (tertiary/aromatic N) is 3. The summed E-state index contributed by atoms with van der Waals surface area (Å²) >= 11 is 11.6. The largest absolute Gasteiger partial charge is 0.494 e. The van der Waals surface area contributed by atoms with Crippen LogP contribution in [0.5, 0.6) is 5.75 Å². The maximum absolute atomic E-state index is 5.96. The van der Waals surface area contributed by atoms with Crippen LogP contribution in [0.4, 0.5) is 5.69 Å². The van der Waals surface area contributed by atoms with Gasteiger partial charge in [-0.15, -0.1) is 0 Å². The van der Waals surface area contributed by atoms with Gasteiger partial charge in [0.2, 0.25) is 0 Å². The summed E-state index contributed by atoms with van der Waals surface area (Å²) in [5.74, 6) is 0.909. The Morgan fingerprint density at radius 3 is 2.23 bits per heavy atom. The molecule has 0 radical (unpaired) electrons. The number of rotatable bonds is 9. The molecule has 0 saturated carbocycles. The van der Waals surface area contributed by atoms with E-state index in [1.807, 2.05) is 60.9 Å². The number of anilines is 1. The predicted octanol–water partition coefficient (Wildman–Crippen LogP) is 6.06. The lowest BCUT2D eigenvalue weighted by Crippen LogP contribution is -2.32. The Hall–Kier alpha value is -2.63. The quantitative estimate of drug-likeness (QED) is 0.291. The van der Waals surface area contributed by atoms with Crippen LogP contribution >= 0.6 is 23.8 Å². The molecule has 3 aromatic rings. The van der Waals surface area contributed by atoms with Crippen LogP contribution in [-0.2, 0) is 0 Å². The van der Waals surface area contributed by atoms with Crippen molar-refractivity contribution < 1.29 is 4.74 Å². The number of hydrogen-bond donors (Lipinski definition) is 0. The molecule has 1 fully saturated rings. The fraction of sp³-hybridized carbons (Fsp3) is 0.280. The van der Waals surface area contributed by atoms with Crippen LogP contribution in [0.15, 0.2) is 73.1 Å². The minimum atomic E-state index is 0.730. The van der Waals surface area contributed by atoms with Gasteiger partial charge in [-0.1, -0.05) is 35.9 Å². The average molecular weight is 452 g/mol. The van der Waals surface area contributed by atoms with Crippen molar-refractivity contribution in [1.29, 1.82) is 0 Å². The highest BCUT2D eigenvalue weighted by Crippen LogP contribution is 2.24.